The normalized spacial score (nSPS) is 11.0. The molecule has 0 saturated carbocycles. The minimum Gasteiger partial charge on any atom is -0.388 e. The average molecular weight is 302 g/mol. The van der Waals surface area contributed by atoms with Gasteiger partial charge in [0.25, 0.3) is 0 Å². The highest BCUT2D eigenvalue weighted by atomic mass is 32.2. The van der Waals surface area contributed by atoms with Crippen LogP contribution < -0.4 is 0 Å². The minimum absolute atomic E-state index is 0.119. The lowest BCUT2D eigenvalue weighted by atomic mass is 10.2. The zero-order valence-electron chi connectivity index (χ0n) is 11.4. The van der Waals surface area contributed by atoms with E-state index in [4.69, 9.17) is 9.63 Å². The first-order valence-electron chi connectivity index (χ1n) is 6.41. The molecule has 0 atom stereocenters. The number of hydrogen-bond acceptors (Lipinski definition) is 6. The lowest BCUT2D eigenvalue weighted by molar-refractivity contribution is 0.266. The van der Waals surface area contributed by atoms with Crippen LogP contribution in [0.2, 0.25) is 0 Å². The van der Waals surface area contributed by atoms with Crippen molar-refractivity contribution < 1.29 is 9.63 Å². The molecule has 2 heterocycles. The SMILES string of the molecule is Cn1c(CO)nnc1SCc1cc(-c2ccccc2)on1. The molecule has 3 rings (SSSR count). The van der Waals surface area contributed by atoms with Crippen molar-refractivity contribution >= 4 is 11.8 Å². The van der Waals surface area contributed by atoms with E-state index in [1.165, 1.54) is 11.8 Å². The third-order valence-electron chi connectivity index (χ3n) is 3.03. The first-order chi connectivity index (χ1) is 10.3. The zero-order valence-corrected chi connectivity index (χ0v) is 12.2. The largest absolute Gasteiger partial charge is 0.388 e. The van der Waals surface area contributed by atoms with Gasteiger partial charge >= 0.3 is 0 Å². The molecule has 1 N–H and O–H groups in total. The third kappa shape index (κ3) is 2.98. The summed E-state index contributed by atoms with van der Waals surface area (Å²) in [5.41, 5.74) is 1.84. The molecule has 0 aliphatic heterocycles. The molecule has 0 aliphatic carbocycles. The molecule has 0 fully saturated rings. The maximum Gasteiger partial charge on any atom is 0.191 e. The van der Waals surface area contributed by atoms with Gasteiger partial charge in [0.1, 0.15) is 6.61 Å². The Morgan fingerprint density at radius 2 is 2.05 bits per heavy atom. The predicted molar refractivity (Wildman–Crippen MR) is 78.4 cm³/mol. The monoisotopic (exact) mass is 302 g/mol. The molecule has 2 aromatic heterocycles. The van der Waals surface area contributed by atoms with E-state index in [2.05, 4.69) is 15.4 Å². The van der Waals surface area contributed by atoms with Gasteiger partial charge in [-0.3, -0.25) is 0 Å². The van der Waals surface area contributed by atoms with Crippen molar-refractivity contribution in [3.8, 4) is 11.3 Å². The smallest absolute Gasteiger partial charge is 0.191 e. The van der Waals surface area contributed by atoms with Crippen molar-refractivity contribution in [3.63, 3.8) is 0 Å². The van der Waals surface area contributed by atoms with E-state index in [9.17, 15) is 0 Å². The highest BCUT2D eigenvalue weighted by Crippen LogP contribution is 2.24. The van der Waals surface area contributed by atoms with Crippen molar-refractivity contribution in [3.05, 3.63) is 47.9 Å². The van der Waals surface area contributed by atoms with Crippen LogP contribution in [-0.2, 0) is 19.4 Å². The minimum atomic E-state index is -0.119. The first kappa shape index (κ1) is 13.8. The van der Waals surface area contributed by atoms with Crippen LogP contribution in [0.25, 0.3) is 11.3 Å². The summed E-state index contributed by atoms with van der Waals surface area (Å²) in [4.78, 5) is 0. The lowest BCUT2D eigenvalue weighted by Gasteiger charge is -1.99. The Morgan fingerprint density at radius 3 is 2.76 bits per heavy atom. The topological polar surface area (TPSA) is 77.0 Å². The molecule has 0 saturated heterocycles. The van der Waals surface area contributed by atoms with Crippen LogP contribution in [0, 0.1) is 0 Å². The molecule has 0 spiro atoms. The molecule has 7 heteroatoms. The Morgan fingerprint density at radius 1 is 1.24 bits per heavy atom. The maximum atomic E-state index is 9.09. The molecule has 0 bridgehead atoms. The Balaban J connectivity index is 1.69. The van der Waals surface area contributed by atoms with Gasteiger partial charge in [0, 0.05) is 24.4 Å². The van der Waals surface area contributed by atoms with Crippen LogP contribution in [0.5, 0.6) is 0 Å². The molecule has 0 radical (unpaired) electrons. The second-order valence-corrected chi connectivity index (χ2v) is 5.40. The molecule has 21 heavy (non-hydrogen) atoms. The number of thioether (sulfide) groups is 1. The summed E-state index contributed by atoms with van der Waals surface area (Å²) in [7, 11) is 1.83. The fourth-order valence-electron chi connectivity index (χ4n) is 1.87. The van der Waals surface area contributed by atoms with Gasteiger partial charge in [0.05, 0.1) is 5.69 Å². The van der Waals surface area contributed by atoms with Gasteiger partial charge in [0.2, 0.25) is 0 Å². The fourth-order valence-corrected chi connectivity index (χ4v) is 2.68. The first-order valence-corrected chi connectivity index (χ1v) is 7.39. The predicted octanol–water partition coefficient (Wildman–Crippen LogP) is 2.25. The summed E-state index contributed by atoms with van der Waals surface area (Å²) in [5, 5.41) is 21.8. The molecule has 1 aromatic carbocycles. The van der Waals surface area contributed by atoms with Crippen LogP contribution in [0.4, 0.5) is 0 Å². The fraction of sp³-hybridized carbons (Fsp3) is 0.214. The zero-order chi connectivity index (χ0) is 14.7. The highest BCUT2D eigenvalue weighted by molar-refractivity contribution is 7.98. The van der Waals surface area contributed by atoms with E-state index in [1.807, 2.05) is 43.4 Å². The Bertz CT molecular complexity index is 724. The molecule has 108 valence electrons. The number of aromatic nitrogens is 4. The van der Waals surface area contributed by atoms with E-state index in [1.54, 1.807) is 4.57 Å². The van der Waals surface area contributed by atoms with Gasteiger partial charge in [-0.05, 0) is 0 Å². The van der Waals surface area contributed by atoms with Crippen LogP contribution >= 0.6 is 11.8 Å². The maximum absolute atomic E-state index is 9.09. The Kier molecular flexibility index (Phi) is 4.03. The summed E-state index contributed by atoms with van der Waals surface area (Å²) in [6.07, 6.45) is 0. The summed E-state index contributed by atoms with van der Waals surface area (Å²) < 4.78 is 7.12. The lowest BCUT2D eigenvalue weighted by Crippen LogP contribution is -1.98. The molecule has 0 unspecified atom stereocenters. The molecule has 3 aromatic rings. The molecule has 0 aliphatic rings. The van der Waals surface area contributed by atoms with Gasteiger partial charge in [-0.15, -0.1) is 10.2 Å². The van der Waals surface area contributed by atoms with Crippen molar-refractivity contribution in [2.75, 3.05) is 0 Å². The van der Waals surface area contributed by atoms with Crippen molar-refractivity contribution in [1.29, 1.82) is 0 Å². The van der Waals surface area contributed by atoms with Gasteiger partial charge in [-0.25, -0.2) is 0 Å². The van der Waals surface area contributed by atoms with Crippen LogP contribution in [-0.4, -0.2) is 25.0 Å². The second kappa shape index (κ2) is 6.11. The van der Waals surface area contributed by atoms with Crippen LogP contribution in [0.1, 0.15) is 11.5 Å². The molecular weight excluding hydrogens is 288 g/mol. The highest BCUT2D eigenvalue weighted by Gasteiger charge is 2.11. The standard InChI is InChI=1S/C14H14N4O2S/c1-18-13(8-19)15-16-14(18)21-9-11-7-12(20-17-11)10-5-3-2-4-6-10/h2-7,19H,8-9H2,1H3. The summed E-state index contributed by atoms with van der Waals surface area (Å²) in [5.74, 6) is 1.93. The van der Waals surface area contributed by atoms with E-state index in [0.29, 0.717) is 11.6 Å². The van der Waals surface area contributed by atoms with E-state index in [0.717, 1.165) is 22.2 Å². The number of benzene rings is 1. The summed E-state index contributed by atoms with van der Waals surface area (Å²) in [6, 6.07) is 11.8. The van der Waals surface area contributed by atoms with Crippen molar-refractivity contribution in [2.24, 2.45) is 7.05 Å². The van der Waals surface area contributed by atoms with E-state index < -0.39 is 0 Å². The Labute approximate surface area is 125 Å². The van der Waals surface area contributed by atoms with Gasteiger partial charge in [-0.2, -0.15) is 0 Å². The van der Waals surface area contributed by atoms with Gasteiger partial charge in [-0.1, -0.05) is 47.3 Å². The third-order valence-corrected chi connectivity index (χ3v) is 4.09. The van der Waals surface area contributed by atoms with Crippen LogP contribution in [0.3, 0.4) is 0 Å². The molecular formula is C14H14N4O2S. The number of aliphatic hydroxyl groups excluding tert-OH is 1. The number of aliphatic hydroxyl groups is 1. The van der Waals surface area contributed by atoms with Crippen molar-refractivity contribution in [2.45, 2.75) is 17.5 Å². The number of hydrogen-bond donors (Lipinski definition) is 1. The number of nitrogens with zero attached hydrogens (tertiary/aromatic N) is 4. The molecule has 0 amide bonds. The Hall–Kier alpha value is -2.12. The summed E-state index contributed by atoms with van der Waals surface area (Å²) >= 11 is 1.50. The van der Waals surface area contributed by atoms with E-state index >= 15 is 0 Å². The second-order valence-electron chi connectivity index (χ2n) is 4.45. The molecule has 6 nitrogen and oxygen atoms in total. The van der Waals surface area contributed by atoms with Gasteiger partial charge < -0.3 is 14.2 Å². The van der Waals surface area contributed by atoms with E-state index in [-0.39, 0.29) is 6.61 Å². The average Bonchev–Trinajstić information content (AvgIpc) is 3.13. The van der Waals surface area contributed by atoms with Crippen molar-refractivity contribution in [1.82, 2.24) is 19.9 Å². The van der Waals surface area contributed by atoms with Gasteiger partial charge in [0.15, 0.2) is 16.7 Å². The summed E-state index contributed by atoms with van der Waals surface area (Å²) in [6.45, 7) is -0.119. The number of rotatable bonds is 5. The van der Waals surface area contributed by atoms with Crippen LogP contribution in [0.15, 0.2) is 46.1 Å². The quantitative estimate of drug-likeness (QED) is 0.728.